The summed E-state index contributed by atoms with van der Waals surface area (Å²) in [5, 5.41) is 18.6. The van der Waals surface area contributed by atoms with Gasteiger partial charge in [0.15, 0.2) is 0 Å². The first-order chi connectivity index (χ1) is 15.5. The molecule has 0 bridgehead atoms. The number of carboxylic acid groups (broad SMARTS) is 2. The van der Waals surface area contributed by atoms with Crippen LogP contribution in [0.15, 0.2) is 18.2 Å². The highest BCUT2D eigenvalue weighted by molar-refractivity contribution is 6.02. The number of hydrogen-bond acceptors (Lipinski definition) is 2. The Bertz CT molecular complexity index is 645. The van der Waals surface area contributed by atoms with Crippen molar-refractivity contribution in [1.29, 1.82) is 0 Å². The molecule has 1 aromatic rings. The van der Waals surface area contributed by atoms with Gasteiger partial charge in [-0.05, 0) is 30.4 Å². The Morgan fingerprint density at radius 3 is 1.69 bits per heavy atom. The van der Waals surface area contributed by atoms with Crippen LogP contribution >= 0.6 is 0 Å². The Balaban J connectivity index is 2.13. The maximum Gasteiger partial charge on any atom is 0.336 e. The molecule has 0 saturated carbocycles. The molecule has 0 spiro atoms. The zero-order valence-corrected chi connectivity index (χ0v) is 20.5. The van der Waals surface area contributed by atoms with Gasteiger partial charge < -0.3 is 10.2 Å². The lowest BCUT2D eigenvalue weighted by Crippen LogP contribution is -2.11. The minimum Gasteiger partial charge on any atom is -0.478 e. The lowest BCUT2D eigenvalue weighted by molar-refractivity contribution is 0.0650. The quantitative estimate of drug-likeness (QED) is 0.197. The number of aryl methyl sites for hydroxylation is 1. The third kappa shape index (κ3) is 11.7. The molecule has 0 heterocycles. The number of rotatable bonds is 20. The number of carboxylic acids is 2. The molecule has 32 heavy (non-hydrogen) atoms. The fourth-order valence-electron chi connectivity index (χ4n) is 4.64. The van der Waals surface area contributed by atoms with Crippen molar-refractivity contribution >= 4 is 11.9 Å². The van der Waals surface area contributed by atoms with Crippen molar-refractivity contribution in [3.05, 3.63) is 34.9 Å². The summed E-state index contributed by atoms with van der Waals surface area (Å²) >= 11 is 0. The van der Waals surface area contributed by atoms with Crippen LogP contribution < -0.4 is 0 Å². The highest BCUT2D eigenvalue weighted by atomic mass is 16.4. The molecule has 2 N–H and O–H groups in total. The monoisotopic (exact) mass is 446 g/mol. The second-order valence-corrected chi connectivity index (χ2v) is 9.32. The number of aromatic carboxylic acids is 2. The zero-order chi connectivity index (χ0) is 23.6. The van der Waals surface area contributed by atoms with E-state index in [0.717, 1.165) is 25.2 Å². The second kappa shape index (κ2) is 17.7. The molecule has 0 radical (unpaired) electrons. The minimum atomic E-state index is -1.18. The maximum absolute atomic E-state index is 11.5. The van der Waals surface area contributed by atoms with Gasteiger partial charge in [-0.15, -0.1) is 0 Å². The van der Waals surface area contributed by atoms with Crippen molar-refractivity contribution in [2.75, 3.05) is 0 Å². The van der Waals surface area contributed by atoms with Crippen LogP contribution in [0.3, 0.4) is 0 Å². The first-order valence-electron chi connectivity index (χ1n) is 13.1. The molecule has 0 aliphatic heterocycles. The topological polar surface area (TPSA) is 74.6 Å². The Hall–Kier alpha value is -1.84. The number of hydrogen-bond donors (Lipinski definition) is 2. The minimum absolute atomic E-state index is 0.0494. The molecule has 182 valence electrons. The normalized spacial score (nSPS) is 11.2. The molecule has 0 aliphatic carbocycles. The first-order valence-corrected chi connectivity index (χ1v) is 13.1. The zero-order valence-electron chi connectivity index (χ0n) is 20.5. The summed E-state index contributed by atoms with van der Waals surface area (Å²) in [5.74, 6) is -1.38. The Morgan fingerprint density at radius 2 is 1.19 bits per heavy atom. The average Bonchev–Trinajstić information content (AvgIpc) is 2.78. The van der Waals surface area contributed by atoms with E-state index >= 15 is 0 Å². The van der Waals surface area contributed by atoms with Gasteiger partial charge in [0, 0.05) is 0 Å². The van der Waals surface area contributed by atoms with E-state index in [1.54, 1.807) is 12.1 Å². The van der Waals surface area contributed by atoms with Crippen LogP contribution in [-0.4, -0.2) is 22.2 Å². The fraction of sp³-hybridized carbons (Fsp3) is 0.714. The number of carbonyl (C=O) groups is 2. The van der Waals surface area contributed by atoms with E-state index in [1.807, 2.05) is 0 Å². The predicted molar refractivity (Wildman–Crippen MR) is 133 cm³/mol. The Kier molecular flexibility index (Phi) is 15.6. The molecule has 4 nitrogen and oxygen atoms in total. The summed E-state index contributed by atoms with van der Waals surface area (Å²) in [5.41, 5.74) is 0.470. The van der Waals surface area contributed by atoms with E-state index < -0.39 is 11.9 Å². The molecule has 0 aromatic heterocycles. The van der Waals surface area contributed by atoms with Gasteiger partial charge in [-0.2, -0.15) is 0 Å². The fourth-order valence-corrected chi connectivity index (χ4v) is 4.64. The van der Waals surface area contributed by atoms with E-state index in [2.05, 4.69) is 13.8 Å². The summed E-state index contributed by atoms with van der Waals surface area (Å²) in [6.07, 6.45) is 21.4. The molecule has 1 aromatic carbocycles. The molecule has 1 rings (SSSR count). The van der Waals surface area contributed by atoms with E-state index in [0.29, 0.717) is 12.0 Å². The van der Waals surface area contributed by atoms with Crippen molar-refractivity contribution in [2.24, 2.45) is 5.92 Å². The first kappa shape index (κ1) is 28.2. The largest absolute Gasteiger partial charge is 0.478 e. The van der Waals surface area contributed by atoms with Gasteiger partial charge in [-0.1, -0.05) is 122 Å². The van der Waals surface area contributed by atoms with Crippen LogP contribution in [-0.2, 0) is 6.42 Å². The van der Waals surface area contributed by atoms with Crippen LogP contribution in [0.2, 0.25) is 0 Å². The third-order valence-electron chi connectivity index (χ3n) is 6.59. The molecular weight excluding hydrogens is 400 g/mol. The van der Waals surface area contributed by atoms with Gasteiger partial charge in [0.1, 0.15) is 0 Å². The van der Waals surface area contributed by atoms with Crippen molar-refractivity contribution < 1.29 is 19.8 Å². The van der Waals surface area contributed by atoms with Crippen molar-refractivity contribution in [3.8, 4) is 0 Å². The smallest absolute Gasteiger partial charge is 0.336 e. The van der Waals surface area contributed by atoms with Crippen molar-refractivity contribution in [3.63, 3.8) is 0 Å². The van der Waals surface area contributed by atoms with Gasteiger partial charge in [0.2, 0.25) is 0 Å². The van der Waals surface area contributed by atoms with Gasteiger partial charge in [0.05, 0.1) is 11.1 Å². The highest BCUT2D eigenvalue weighted by Gasteiger charge is 2.19. The van der Waals surface area contributed by atoms with Crippen molar-refractivity contribution in [1.82, 2.24) is 0 Å². The van der Waals surface area contributed by atoms with E-state index in [9.17, 15) is 19.8 Å². The SMILES string of the molecule is CCCCC(CCCC)CCCCCCCCCCCc1cccc(C(=O)O)c1C(=O)O. The number of benzene rings is 1. The van der Waals surface area contributed by atoms with Gasteiger partial charge in [-0.25, -0.2) is 9.59 Å². The van der Waals surface area contributed by atoms with Crippen LogP contribution in [0.25, 0.3) is 0 Å². The third-order valence-corrected chi connectivity index (χ3v) is 6.59. The van der Waals surface area contributed by atoms with Crippen LogP contribution in [0.4, 0.5) is 0 Å². The summed E-state index contributed by atoms with van der Waals surface area (Å²) in [6, 6.07) is 4.75. The second-order valence-electron chi connectivity index (χ2n) is 9.32. The number of unbranched alkanes of at least 4 members (excludes halogenated alkanes) is 10. The average molecular weight is 447 g/mol. The molecule has 0 atom stereocenters. The van der Waals surface area contributed by atoms with E-state index in [1.165, 1.54) is 89.5 Å². The summed E-state index contributed by atoms with van der Waals surface area (Å²) in [6.45, 7) is 4.59. The maximum atomic E-state index is 11.5. The Labute approximate surface area is 195 Å². The molecule has 0 amide bonds. The van der Waals surface area contributed by atoms with E-state index in [4.69, 9.17) is 0 Å². The molecule has 0 unspecified atom stereocenters. The van der Waals surface area contributed by atoms with Gasteiger partial charge in [-0.3, -0.25) is 0 Å². The lowest BCUT2D eigenvalue weighted by atomic mass is 9.90. The van der Waals surface area contributed by atoms with Gasteiger partial charge in [0.25, 0.3) is 0 Å². The van der Waals surface area contributed by atoms with Gasteiger partial charge >= 0.3 is 11.9 Å². The highest BCUT2D eigenvalue weighted by Crippen LogP contribution is 2.23. The summed E-state index contributed by atoms with van der Waals surface area (Å²) < 4.78 is 0. The molecular formula is C28H46O4. The van der Waals surface area contributed by atoms with E-state index in [-0.39, 0.29) is 11.1 Å². The van der Waals surface area contributed by atoms with Crippen molar-refractivity contribution in [2.45, 2.75) is 123 Å². The molecule has 0 saturated heterocycles. The molecule has 4 heteroatoms. The van der Waals surface area contributed by atoms with Crippen LogP contribution in [0.1, 0.15) is 143 Å². The van der Waals surface area contributed by atoms with Crippen LogP contribution in [0, 0.1) is 5.92 Å². The predicted octanol–water partition coefficient (Wildman–Crippen LogP) is 8.52. The Morgan fingerprint density at radius 1 is 0.688 bits per heavy atom. The lowest BCUT2D eigenvalue weighted by Gasteiger charge is -2.16. The standard InChI is InChI=1S/C28H46O4/c1-3-5-17-23(18-6-4-2)19-14-12-10-8-7-9-11-13-15-20-24-21-16-22-25(27(29)30)26(24)28(31)32/h16,21-23H,3-15,17-20H2,1-2H3,(H,29,30)(H,31,32). The molecule has 0 fully saturated rings. The van der Waals surface area contributed by atoms with Crippen LogP contribution in [0.5, 0.6) is 0 Å². The summed E-state index contributed by atoms with van der Waals surface area (Å²) in [4.78, 5) is 22.8. The summed E-state index contributed by atoms with van der Waals surface area (Å²) in [7, 11) is 0. The molecule has 0 aliphatic rings.